The number of aromatic nitrogens is 2. The molecule has 0 aliphatic heterocycles. The molecule has 6 heteroatoms. The molecular formula is C12H12BrClN2O2. The van der Waals surface area contributed by atoms with E-state index in [4.69, 9.17) is 16.1 Å². The lowest BCUT2D eigenvalue weighted by molar-refractivity contribution is 0.180. The molecule has 0 spiro atoms. The molecule has 0 fully saturated rings. The van der Waals surface area contributed by atoms with Crippen molar-refractivity contribution < 1.29 is 9.63 Å². The summed E-state index contributed by atoms with van der Waals surface area (Å²) < 4.78 is 5.91. The van der Waals surface area contributed by atoms with Crippen molar-refractivity contribution in [2.75, 3.05) is 0 Å². The molecule has 1 N–H and O–H groups in total. The Hall–Kier alpha value is -0.910. The van der Waals surface area contributed by atoms with Crippen LogP contribution >= 0.6 is 27.5 Å². The third kappa shape index (κ3) is 3.31. The monoisotopic (exact) mass is 330 g/mol. The number of aliphatic hydroxyl groups is 1. The van der Waals surface area contributed by atoms with Gasteiger partial charge < -0.3 is 9.63 Å². The lowest BCUT2D eigenvalue weighted by Crippen LogP contribution is -2.01. The summed E-state index contributed by atoms with van der Waals surface area (Å²) in [4.78, 5) is 4.27. The fourth-order valence-electron chi connectivity index (χ4n) is 1.44. The Morgan fingerprint density at radius 1 is 1.50 bits per heavy atom. The van der Waals surface area contributed by atoms with Gasteiger partial charge in [0.05, 0.1) is 11.1 Å². The lowest BCUT2D eigenvalue weighted by Gasteiger charge is -1.99. The molecule has 0 radical (unpaired) electrons. The smallest absolute Gasteiger partial charge is 0.227 e. The zero-order chi connectivity index (χ0) is 13.1. The molecule has 0 bridgehead atoms. The number of aryl methyl sites for hydroxylation is 1. The highest BCUT2D eigenvalue weighted by molar-refractivity contribution is 9.10. The summed E-state index contributed by atoms with van der Waals surface area (Å²) >= 11 is 9.27. The summed E-state index contributed by atoms with van der Waals surface area (Å²) in [6, 6.07) is 5.44. The van der Waals surface area contributed by atoms with Crippen LogP contribution in [-0.4, -0.2) is 21.4 Å². The molecular weight excluding hydrogens is 320 g/mol. The van der Waals surface area contributed by atoms with E-state index >= 15 is 0 Å². The van der Waals surface area contributed by atoms with Crippen molar-refractivity contribution in [3.05, 3.63) is 33.6 Å². The summed E-state index contributed by atoms with van der Waals surface area (Å²) in [5, 5.41) is 13.7. The first kappa shape index (κ1) is 13.5. The second-order valence-electron chi connectivity index (χ2n) is 4.03. The van der Waals surface area contributed by atoms with Crippen molar-refractivity contribution in [3.63, 3.8) is 0 Å². The van der Waals surface area contributed by atoms with E-state index in [0.717, 1.165) is 10.0 Å². The molecule has 96 valence electrons. The summed E-state index contributed by atoms with van der Waals surface area (Å²) in [6.07, 6.45) is 0.802. The van der Waals surface area contributed by atoms with Crippen LogP contribution in [0.15, 0.2) is 27.2 Å². The lowest BCUT2D eigenvalue weighted by atomic mass is 10.2. The first-order chi connectivity index (χ1) is 8.56. The van der Waals surface area contributed by atoms with E-state index in [2.05, 4.69) is 26.1 Å². The highest BCUT2D eigenvalue weighted by Gasteiger charge is 2.10. The van der Waals surface area contributed by atoms with E-state index in [-0.39, 0.29) is 6.10 Å². The van der Waals surface area contributed by atoms with Crippen LogP contribution in [0.2, 0.25) is 5.02 Å². The molecule has 1 atom stereocenters. The van der Waals surface area contributed by atoms with Crippen molar-refractivity contribution in [3.8, 4) is 11.4 Å². The van der Waals surface area contributed by atoms with Gasteiger partial charge in [-0.3, -0.25) is 0 Å². The molecule has 0 saturated heterocycles. The molecule has 18 heavy (non-hydrogen) atoms. The molecule has 2 aromatic rings. The summed E-state index contributed by atoms with van der Waals surface area (Å²) in [6.45, 7) is 1.73. The van der Waals surface area contributed by atoms with Crippen molar-refractivity contribution in [2.24, 2.45) is 0 Å². The van der Waals surface area contributed by atoms with Crippen LogP contribution in [0, 0.1) is 0 Å². The maximum atomic E-state index is 9.19. The summed E-state index contributed by atoms with van der Waals surface area (Å²) in [5.74, 6) is 1.05. The minimum Gasteiger partial charge on any atom is -0.393 e. The Kier molecular flexibility index (Phi) is 4.37. The molecule has 0 aliphatic carbocycles. The van der Waals surface area contributed by atoms with E-state index in [0.29, 0.717) is 29.6 Å². The number of aliphatic hydroxyl groups excluding tert-OH is 1. The number of benzene rings is 1. The van der Waals surface area contributed by atoms with E-state index in [1.165, 1.54) is 0 Å². The molecule has 0 amide bonds. The molecule has 2 rings (SSSR count). The standard InChI is InChI=1S/C12H12BrClN2O2/c1-7(17)2-5-11-15-12(16-18-11)8-3-4-10(14)9(13)6-8/h3-4,6-7,17H,2,5H2,1H3. The van der Waals surface area contributed by atoms with E-state index < -0.39 is 0 Å². The van der Waals surface area contributed by atoms with Gasteiger partial charge in [0.25, 0.3) is 0 Å². The van der Waals surface area contributed by atoms with E-state index in [1.807, 2.05) is 12.1 Å². The fourth-order valence-corrected chi connectivity index (χ4v) is 1.94. The van der Waals surface area contributed by atoms with Gasteiger partial charge in [0, 0.05) is 16.5 Å². The number of hydrogen-bond acceptors (Lipinski definition) is 4. The van der Waals surface area contributed by atoms with Gasteiger partial charge in [0.2, 0.25) is 11.7 Å². The third-order valence-corrected chi connectivity index (χ3v) is 3.64. The highest BCUT2D eigenvalue weighted by Crippen LogP contribution is 2.27. The predicted molar refractivity (Wildman–Crippen MR) is 72.4 cm³/mol. The van der Waals surface area contributed by atoms with Crippen LogP contribution in [0.25, 0.3) is 11.4 Å². The average Bonchev–Trinajstić information content (AvgIpc) is 2.79. The molecule has 4 nitrogen and oxygen atoms in total. The zero-order valence-corrected chi connectivity index (χ0v) is 12.1. The van der Waals surface area contributed by atoms with Gasteiger partial charge in [-0.1, -0.05) is 16.8 Å². The van der Waals surface area contributed by atoms with Gasteiger partial charge >= 0.3 is 0 Å². The maximum absolute atomic E-state index is 9.19. The normalized spacial score (nSPS) is 12.7. The summed E-state index contributed by atoms with van der Waals surface area (Å²) in [5.41, 5.74) is 0.832. The van der Waals surface area contributed by atoms with Crippen molar-refractivity contribution in [1.82, 2.24) is 10.1 Å². The van der Waals surface area contributed by atoms with Crippen LogP contribution in [0.3, 0.4) is 0 Å². The second kappa shape index (κ2) is 5.82. The van der Waals surface area contributed by atoms with E-state index in [9.17, 15) is 5.11 Å². The third-order valence-electron chi connectivity index (χ3n) is 2.42. The largest absolute Gasteiger partial charge is 0.393 e. The van der Waals surface area contributed by atoms with Gasteiger partial charge in [0.1, 0.15) is 0 Å². The van der Waals surface area contributed by atoms with Crippen LogP contribution in [0.4, 0.5) is 0 Å². The van der Waals surface area contributed by atoms with Gasteiger partial charge in [-0.2, -0.15) is 4.98 Å². The Morgan fingerprint density at radius 2 is 2.28 bits per heavy atom. The van der Waals surface area contributed by atoms with Crippen molar-refractivity contribution in [1.29, 1.82) is 0 Å². The predicted octanol–water partition coefficient (Wildman–Crippen LogP) is 3.47. The van der Waals surface area contributed by atoms with Crippen LogP contribution in [0.1, 0.15) is 19.2 Å². The first-order valence-electron chi connectivity index (χ1n) is 5.52. The summed E-state index contributed by atoms with van der Waals surface area (Å²) in [7, 11) is 0. The Bertz CT molecular complexity index is 543. The van der Waals surface area contributed by atoms with Crippen LogP contribution < -0.4 is 0 Å². The number of halogens is 2. The number of hydrogen-bond donors (Lipinski definition) is 1. The number of rotatable bonds is 4. The maximum Gasteiger partial charge on any atom is 0.227 e. The average molecular weight is 332 g/mol. The van der Waals surface area contributed by atoms with Crippen molar-refractivity contribution in [2.45, 2.75) is 25.9 Å². The van der Waals surface area contributed by atoms with Gasteiger partial charge in [0.15, 0.2) is 0 Å². The molecule has 1 heterocycles. The van der Waals surface area contributed by atoms with Gasteiger partial charge in [-0.15, -0.1) is 0 Å². The SMILES string of the molecule is CC(O)CCc1nc(-c2ccc(Cl)c(Br)c2)no1. The van der Waals surface area contributed by atoms with Gasteiger partial charge in [-0.25, -0.2) is 0 Å². The number of nitrogens with zero attached hydrogens (tertiary/aromatic N) is 2. The topological polar surface area (TPSA) is 59.2 Å². The fraction of sp³-hybridized carbons (Fsp3) is 0.333. The first-order valence-corrected chi connectivity index (χ1v) is 6.69. The Balaban J connectivity index is 2.16. The second-order valence-corrected chi connectivity index (χ2v) is 5.29. The van der Waals surface area contributed by atoms with Crippen molar-refractivity contribution >= 4 is 27.5 Å². The molecule has 1 aromatic carbocycles. The highest BCUT2D eigenvalue weighted by atomic mass is 79.9. The Labute approximate surface area is 118 Å². The van der Waals surface area contributed by atoms with Crippen LogP contribution in [0.5, 0.6) is 0 Å². The van der Waals surface area contributed by atoms with Crippen LogP contribution in [-0.2, 0) is 6.42 Å². The quantitative estimate of drug-likeness (QED) is 0.932. The molecule has 0 saturated carbocycles. The molecule has 0 aliphatic rings. The minimum atomic E-state index is -0.370. The Morgan fingerprint density at radius 3 is 2.94 bits per heavy atom. The van der Waals surface area contributed by atoms with Gasteiger partial charge in [-0.05, 0) is 47.5 Å². The zero-order valence-electron chi connectivity index (χ0n) is 9.73. The minimum absolute atomic E-state index is 0.370. The molecule has 1 unspecified atom stereocenters. The van der Waals surface area contributed by atoms with E-state index in [1.54, 1.807) is 13.0 Å². The molecule has 1 aromatic heterocycles.